The van der Waals surface area contributed by atoms with E-state index in [0.717, 1.165) is 10.0 Å². The number of alkyl halides is 1. The second-order valence-corrected chi connectivity index (χ2v) is 6.86. The molecular formula is C11H15BrClNO2S. The first-order valence-electron chi connectivity index (χ1n) is 5.27. The number of nitrogens with one attached hydrogen (secondary N) is 1. The number of halogens is 2. The van der Waals surface area contributed by atoms with Gasteiger partial charge in [0.1, 0.15) is 0 Å². The van der Waals surface area contributed by atoms with Crippen molar-refractivity contribution in [1.82, 2.24) is 0 Å². The zero-order chi connectivity index (χ0) is 12.9. The van der Waals surface area contributed by atoms with Crippen molar-refractivity contribution in [3.8, 4) is 0 Å². The summed E-state index contributed by atoms with van der Waals surface area (Å²) in [5, 5.41) is 0. The van der Waals surface area contributed by atoms with Gasteiger partial charge in [-0.3, -0.25) is 4.72 Å². The standard InChI is InChI=1S/C11H15BrClNO2S/c1-9-4-5-10(8-11(9)12)14-17(15,16)7-3-2-6-13/h4-5,8,14H,2-3,6-7H2,1H3. The van der Waals surface area contributed by atoms with Crippen molar-refractivity contribution < 1.29 is 8.42 Å². The fourth-order valence-electron chi connectivity index (χ4n) is 1.27. The van der Waals surface area contributed by atoms with Gasteiger partial charge in [-0.25, -0.2) is 8.42 Å². The van der Waals surface area contributed by atoms with Gasteiger partial charge in [-0.2, -0.15) is 0 Å². The van der Waals surface area contributed by atoms with Crippen LogP contribution in [0.4, 0.5) is 5.69 Å². The maximum absolute atomic E-state index is 11.7. The Balaban J connectivity index is 2.66. The SMILES string of the molecule is Cc1ccc(NS(=O)(=O)CCCCCl)cc1Br. The van der Waals surface area contributed by atoms with Crippen LogP contribution < -0.4 is 4.72 Å². The predicted octanol–water partition coefficient (Wildman–Crippen LogP) is 3.52. The lowest BCUT2D eigenvalue weighted by Crippen LogP contribution is -2.16. The van der Waals surface area contributed by atoms with E-state index in [0.29, 0.717) is 24.4 Å². The van der Waals surface area contributed by atoms with Crippen LogP contribution in [0.2, 0.25) is 0 Å². The van der Waals surface area contributed by atoms with Crippen molar-refractivity contribution in [3.63, 3.8) is 0 Å². The highest BCUT2D eigenvalue weighted by Gasteiger charge is 2.10. The van der Waals surface area contributed by atoms with Crippen molar-refractivity contribution in [1.29, 1.82) is 0 Å². The van der Waals surface area contributed by atoms with E-state index in [1.807, 2.05) is 13.0 Å². The molecule has 0 saturated carbocycles. The molecule has 0 amide bonds. The average Bonchev–Trinajstić information content (AvgIpc) is 2.23. The summed E-state index contributed by atoms with van der Waals surface area (Å²) < 4.78 is 26.8. The molecule has 1 rings (SSSR count). The van der Waals surface area contributed by atoms with Gasteiger partial charge in [0.05, 0.1) is 5.75 Å². The third-order valence-corrected chi connectivity index (χ3v) is 4.74. The summed E-state index contributed by atoms with van der Waals surface area (Å²) in [6, 6.07) is 5.37. The van der Waals surface area contributed by atoms with Gasteiger partial charge in [-0.15, -0.1) is 11.6 Å². The molecule has 0 spiro atoms. The zero-order valence-electron chi connectivity index (χ0n) is 9.54. The first-order chi connectivity index (χ1) is 7.94. The van der Waals surface area contributed by atoms with Gasteiger partial charge >= 0.3 is 0 Å². The molecule has 6 heteroatoms. The summed E-state index contributed by atoms with van der Waals surface area (Å²) in [5.41, 5.74) is 1.64. The van der Waals surface area contributed by atoms with Gasteiger partial charge in [0.25, 0.3) is 0 Å². The Kier molecular flexibility index (Phi) is 5.76. The van der Waals surface area contributed by atoms with Crippen molar-refractivity contribution in [3.05, 3.63) is 28.2 Å². The first kappa shape index (κ1) is 14.8. The number of aryl methyl sites for hydroxylation is 1. The van der Waals surface area contributed by atoms with E-state index in [4.69, 9.17) is 11.6 Å². The summed E-state index contributed by atoms with van der Waals surface area (Å²) in [7, 11) is -3.27. The van der Waals surface area contributed by atoms with Crippen LogP contribution in [0, 0.1) is 6.92 Å². The molecule has 0 radical (unpaired) electrons. The van der Waals surface area contributed by atoms with E-state index in [1.165, 1.54) is 0 Å². The monoisotopic (exact) mass is 339 g/mol. The molecule has 0 fully saturated rings. The topological polar surface area (TPSA) is 46.2 Å². The minimum atomic E-state index is -3.27. The van der Waals surface area contributed by atoms with E-state index in [1.54, 1.807) is 12.1 Å². The average molecular weight is 341 g/mol. The van der Waals surface area contributed by atoms with Gasteiger partial charge in [0.2, 0.25) is 10.0 Å². The number of benzene rings is 1. The number of hydrogen-bond acceptors (Lipinski definition) is 2. The molecule has 0 saturated heterocycles. The fraction of sp³-hybridized carbons (Fsp3) is 0.455. The maximum atomic E-state index is 11.7. The third kappa shape index (κ3) is 5.27. The molecule has 1 aromatic rings. The molecule has 0 aliphatic carbocycles. The quantitative estimate of drug-likeness (QED) is 0.636. The normalized spacial score (nSPS) is 11.5. The lowest BCUT2D eigenvalue weighted by Gasteiger charge is -2.08. The van der Waals surface area contributed by atoms with Crippen LogP contribution in [0.5, 0.6) is 0 Å². The van der Waals surface area contributed by atoms with Crippen LogP contribution in [0.25, 0.3) is 0 Å². The summed E-state index contributed by atoms with van der Waals surface area (Å²) in [5.74, 6) is 0.594. The summed E-state index contributed by atoms with van der Waals surface area (Å²) in [4.78, 5) is 0. The third-order valence-electron chi connectivity index (χ3n) is 2.24. The lowest BCUT2D eigenvalue weighted by atomic mass is 10.2. The van der Waals surface area contributed by atoms with E-state index < -0.39 is 10.0 Å². The summed E-state index contributed by atoms with van der Waals surface area (Å²) in [6.07, 6.45) is 1.28. The largest absolute Gasteiger partial charge is 0.284 e. The van der Waals surface area contributed by atoms with Gasteiger partial charge in [0, 0.05) is 16.0 Å². The predicted molar refractivity (Wildman–Crippen MR) is 76.2 cm³/mol. The number of unbranched alkanes of at least 4 members (excludes halogenated alkanes) is 1. The van der Waals surface area contributed by atoms with Gasteiger partial charge in [-0.05, 0) is 37.5 Å². The molecule has 1 N–H and O–H groups in total. The zero-order valence-corrected chi connectivity index (χ0v) is 12.7. The van der Waals surface area contributed by atoms with Gasteiger partial charge in [0.15, 0.2) is 0 Å². The van der Waals surface area contributed by atoms with Crippen molar-refractivity contribution >= 4 is 43.2 Å². The Morgan fingerprint density at radius 3 is 2.65 bits per heavy atom. The highest BCUT2D eigenvalue weighted by molar-refractivity contribution is 9.10. The Morgan fingerprint density at radius 2 is 2.06 bits per heavy atom. The molecule has 17 heavy (non-hydrogen) atoms. The molecule has 0 bridgehead atoms. The number of anilines is 1. The van der Waals surface area contributed by atoms with Crippen LogP contribution in [0.3, 0.4) is 0 Å². The van der Waals surface area contributed by atoms with Crippen LogP contribution >= 0.6 is 27.5 Å². The van der Waals surface area contributed by atoms with Crippen LogP contribution in [-0.4, -0.2) is 20.1 Å². The number of rotatable bonds is 6. The highest BCUT2D eigenvalue weighted by Crippen LogP contribution is 2.21. The van der Waals surface area contributed by atoms with Crippen LogP contribution in [0.15, 0.2) is 22.7 Å². The van der Waals surface area contributed by atoms with Crippen molar-refractivity contribution in [2.45, 2.75) is 19.8 Å². The van der Waals surface area contributed by atoms with Gasteiger partial charge in [-0.1, -0.05) is 22.0 Å². The van der Waals surface area contributed by atoms with Gasteiger partial charge < -0.3 is 0 Å². The summed E-state index contributed by atoms with van der Waals surface area (Å²) >= 11 is 8.87. The molecule has 0 heterocycles. The van der Waals surface area contributed by atoms with E-state index in [9.17, 15) is 8.42 Å². The molecule has 96 valence electrons. The first-order valence-corrected chi connectivity index (χ1v) is 8.25. The molecular weight excluding hydrogens is 326 g/mol. The van der Waals surface area contributed by atoms with Crippen molar-refractivity contribution in [2.24, 2.45) is 0 Å². The minimum Gasteiger partial charge on any atom is -0.284 e. The van der Waals surface area contributed by atoms with E-state index in [2.05, 4.69) is 20.7 Å². The van der Waals surface area contributed by atoms with Crippen LogP contribution in [-0.2, 0) is 10.0 Å². The Bertz CT molecular complexity index is 476. The molecule has 3 nitrogen and oxygen atoms in total. The van der Waals surface area contributed by atoms with Crippen LogP contribution in [0.1, 0.15) is 18.4 Å². The molecule has 0 atom stereocenters. The maximum Gasteiger partial charge on any atom is 0.232 e. The summed E-state index contributed by atoms with van der Waals surface area (Å²) in [6.45, 7) is 1.95. The number of hydrogen-bond donors (Lipinski definition) is 1. The minimum absolute atomic E-state index is 0.102. The molecule has 0 unspecified atom stereocenters. The Hall–Kier alpha value is -0.260. The fourth-order valence-corrected chi connectivity index (χ4v) is 3.01. The molecule has 0 aliphatic heterocycles. The number of sulfonamides is 1. The molecule has 0 aromatic heterocycles. The molecule has 0 aliphatic rings. The Morgan fingerprint density at radius 1 is 1.35 bits per heavy atom. The second kappa shape index (κ2) is 6.61. The second-order valence-electron chi connectivity index (χ2n) is 3.78. The highest BCUT2D eigenvalue weighted by atomic mass is 79.9. The smallest absolute Gasteiger partial charge is 0.232 e. The van der Waals surface area contributed by atoms with E-state index in [-0.39, 0.29) is 5.75 Å². The van der Waals surface area contributed by atoms with E-state index >= 15 is 0 Å². The molecule has 1 aromatic carbocycles. The van der Waals surface area contributed by atoms with Crippen molar-refractivity contribution in [2.75, 3.05) is 16.4 Å². The lowest BCUT2D eigenvalue weighted by molar-refractivity contribution is 0.598. The Labute approximate surface area is 116 Å².